The van der Waals surface area contributed by atoms with Crippen molar-refractivity contribution in [1.29, 1.82) is 0 Å². The summed E-state index contributed by atoms with van der Waals surface area (Å²) in [7, 11) is 0. The van der Waals surface area contributed by atoms with Crippen LogP contribution in [-0.4, -0.2) is 12.2 Å². The van der Waals surface area contributed by atoms with Gasteiger partial charge in [0, 0.05) is 0 Å². The first-order chi connectivity index (χ1) is 5.58. The Morgan fingerprint density at radius 2 is 2.08 bits per heavy atom. The molecule has 2 fully saturated rings. The number of hydrogen-bond donors (Lipinski definition) is 0. The summed E-state index contributed by atoms with van der Waals surface area (Å²) >= 11 is 0. The van der Waals surface area contributed by atoms with E-state index in [1.54, 1.807) is 0 Å². The standard InChI is InChI=1S/C11H20O/c1-4-9-7-11(9)6-5-10(2,3)8-12-11/h9H,4-8H2,1-3H3. The van der Waals surface area contributed by atoms with Gasteiger partial charge in [0.1, 0.15) is 0 Å². The summed E-state index contributed by atoms with van der Waals surface area (Å²) in [6, 6.07) is 0. The molecule has 1 nitrogen and oxygen atoms in total. The molecule has 2 aliphatic rings. The molecule has 0 radical (unpaired) electrons. The van der Waals surface area contributed by atoms with Crippen LogP contribution in [0.15, 0.2) is 0 Å². The molecular formula is C11H20O. The summed E-state index contributed by atoms with van der Waals surface area (Å²) in [5.74, 6) is 0.883. The number of rotatable bonds is 1. The quantitative estimate of drug-likeness (QED) is 0.585. The Morgan fingerprint density at radius 3 is 2.50 bits per heavy atom. The van der Waals surface area contributed by atoms with Crippen molar-refractivity contribution in [3.63, 3.8) is 0 Å². The molecule has 1 spiro atoms. The van der Waals surface area contributed by atoms with Crippen molar-refractivity contribution in [2.24, 2.45) is 11.3 Å². The Kier molecular flexibility index (Phi) is 1.76. The maximum atomic E-state index is 6.00. The summed E-state index contributed by atoms with van der Waals surface area (Å²) in [6.45, 7) is 7.87. The van der Waals surface area contributed by atoms with E-state index in [1.807, 2.05) is 0 Å². The molecule has 2 unspecified atom stereocenters. The molecule has 12 heavy (non-hydrogen) atoms. The van der Waals surface area contributed by atoms with E-state index in [1.165, 1.54) is 25.7 Å². The van der Waals surface area contributed by atoms with Gasteiger partial charge in [-0.3, -0.25) is 0 Å². The predicted octanol–water partition coefficient (Wildman–Crippen LogP) is 2.99. The molecule has 0 aromatic carbocycles. The summed E-state index contributed by atoms with van der Waals surface area (Å²) in [5, 5.41) is 0. The van der Waals surface area contributed by atoms with Gasteiger partial charge in [-0.2, -0.15) is 0 Å². The average Bonchev–Trinajstić information content (AvgIpc) is 2.72. The van der Waals surface area contributed by atoms with Gasteiger partial charge in [-0.05, 0) is 30.6 Å². The van der Waals surface area contributed by atoms with Crippen molar-refractivity contribution < 1.29 is 4.74 Å². The van der Waals surface area contributed by atoms with E-state index in [2.05, 4.69) is 20.8 Å². The smallest absolute Gasteiger partial charge is 0.0715 e. The summed E-state index contributed by atoms with van der Waals surface area (Å²) in [5.41, 5.74) is 0.788. The highest BCUT2D eigenvalue weighted by molar-refractivity contribution is 5.06. The van der Waals surface area contributed by atoms with Gasteiger partial charge in [-0.15, -0.1) is 0 Å². The summed E-state index contributed by atoms with van der Waals surface area (Å²) in [6.07, 6.45) is 5.29. The van der Waals surface area contributed by atoms with Crippen LogP contribution in [0.3, 0.4) is 0 Å². The molecule has 0 aromatic rings. The molecule has 0 aromatic heterocycles. The van der Waals surface area contributed by atoms with Gasteiger partial charge in [-0.1, -0.05) is 27.2 Å². The van der Waals surface area contributed by atoms with Gasteiger partial charge < -0.3 is 4.74 Å². The Bertz CT molecular complexity index is 173. The molecule has 0 bridgehead atoms. The first-order valence-electron chi connectivity index (χ1n) is 5.22. The molecule has 1 heteroatoms. The molecular weight excluding hydrogens is 148 g/mol. The Hall–Kier alpha value is -0.0400. The second-order valence-corrected chi connectivity index (χ2v) is 5.33. The molecule has 0 N–H and O–H groups in total. The lowest BCUT2D eigenvalue weighted by atomic mass is 9.84. The molecule has 2 atom stereocenters. The van der Waals surface area contributed by atoms with Crippen LogP contribution in [-0.2, 0) is 4.74 Å². The normalized spacial score (nSPS) is 44.8. The van der Waals surface area contributed by atoms with Crippen molar-refractivity contribution in [3.8, 4) is 0 Å². The van der Waals surface area contributed by atoms with E-state index in [-0.39, 0.29) is 0 Å². The first-order valence-corrected chi connectivity index (χ1v) is 5.22. The van der Waals surface area contributed by atoms with Crippen LogP contribution in [0.4, 0.5) is 0 Å². The third-order valence-electron chi connectivity index (χ3n) is 3.64. The number of ether oxygens (including phenoxy) is 1. The largest absolute Gasteiger partial charge is 0.374 e. The van der Waals surface area contributed by atoms with Gasteiger partial charge in [0.25, 0.3) is 0 Å². The van der Waals surface area contributed by atoms with Crippen LogP contribution in [0.2, 0.25) is 0 Å². The van der Waals surface area contributed by atoms with Crippen LogP contribution in [0.5, 0.6) is 0 Å². The minimum Gasteiger partial charge on any atom is -0.374 e. The van der Waals surface area contributed by atoms with Gasteiger partial charge in [-0.25, -0.2) is 0 Å². The third kappa shape index (κ3) is 1.28. The van der Waals surface area contributed by atoms with Crippen molar-refractivity contribution in [1.82, 2.24) is 0 Å². The second kappa shape index (κ2) is 2.47. The van der Waals surface area contributed by atoms with Crippen LogP contribution >= 0.6 is 0 Å². The number of hydrogen-bond acceptors (Lipinski definition) is 1. The summed E-state index contributed by atoms with van der Waals surface area (Å²) < 4.78 is 6.00. The summed E-state index contributed by atoms with van der Waals surface area (Å²) in [4.78, 5) is 0. The molecule has 1 aliphatic heterocycles. The Morgan fingerprint density at radius 1 is 1.33 bits per heavy atom. The van der Waals surface area contributed by atoms with Crippen LogP contribution in [0.25, 0.3) is 0 Å². The zero-order chi connectivity index (χ0) is 8.82. The van der Waals surface area contributed by atoms with Crippen LogP contribution in [0.1, 0.15) is 46.5 Å². The van der Waals surface area contributed by atoms with E-state index in [0.29, 0.717) is 11.0 Å². The maximum absolute atomic E-state index is 6.00. The third-order valence-corrected chi connectivity index (χ3v) is 3.64. The van der Waals surface area contributed by atoms with Gasteiger partial charge in [0.2, 0.25) is 0 Å². The van der Waals surface area contributed by atoms with Gasteiger partial charge in [0.05, 0.1) is 12.2 Å². The van der Waals surface area contributed by atoms with Crippen molar-refractivity contribution in [3.05, 3.63) is 0 Å². The zero-order valence-electron chi connectivity index (χ0n) is 8.52. The lowest BCUT2D eigenvalue weighted by molar-refractivity contribution is -0.0736. The Balaban J connectivity index is 1.92. The van der Waals surface area contributed by atoms with E-state index in [4.69, 9.17) is 4.74 Å². The first kappa shape index (κ1) is 8.55. The van der Waals surface area contributed by atoms with Crippen LogP contribution < -0.4 is 0 Å². The molecule has 0 amide bonds. The average molecular weight is 168 g/mol. The van der Waals surface area contributed by atoms with Crippen LogP contribution in [0, 0.1) is 11.3 Å². The van der Waals surface area contributed by atoms with E-state index < -0.39 is 0 Å². The van der Waals surface area contributed by atoms with Crippen molar-refractivity contribution in [2.75, 3.05) is 6.61 Å². The molecule has 1 aliphatic carbocycles. The minimum absolute atomic E-state index is 0.351. The molecule has 1 saturated heterocycles. The van der Waals surface area contributed by atoms with Gasteiger partial charge in [0.15, 0.2) is 0 Å². The fourth-order valence-corrected chi connectivity index (χ4v) is 2.39. The van der Waals surface area contributed by atoms with E-state index in [9.17, 15) is 0 Å². The fraction of sp³-hybridized carbons (Fsp3) is 1.00. The highest BCUT2D eigenvalue weighted by Gasteiger charge is 2.56. The highest BCUT2D eigenvalue weighted by atomic mass is 16.5. The topological polar surface area (TPSA) is 9.23 Å². The lowest BCUT2D eigenvalue weighted by Crippen LogP contribution is -2.34. The molecule has 1 heterocycles. The van der Waals surface area contributed by atoms with E-state index in [0.717, 1.165) is 12.5 Å². The zero-order valence-corrected chi connectivity index (χ0v) is 8.52. The van der Waals surface area contributed by atoms with E-state index >= 15 is 0 Å². The molecule has 2 rings (SSSR count). The van der Waals surface area contributed by atoms with Crippen molar-refractivity contribution in [2.45, 2.75) is 52.1 Å². The minimum atomic E-state index is 0.351. The van der Waals surface area contributed by atoms with Crippen molar-refractivity contribution >= 4 is 0 Å². The SMILES string of the molecule is CCC1CC12CCC(C)(C)CO2. The lowest BCUT2D eigenvalue weighted by Gasteiger charge is -2.35. The second-order valence-electron chi connectivity index (χ2n) is 5.33. The predicted molar refractivity (Wildman–Crippen MR) is 50.1 cm³/mol. The molecule has 1 saturated carbocycles. The Labute approximate surface area is 75.5 Å². The molecule has 70 valence electrons. The highest BCUT2D eigenvalue weighted by Crippen LogP contribution is 2.56. The maximum Gasteiger partial charge on any atom is 0.0715 e. The van der Waals surface area contributed by atoms with Gasteiger partial charge >= 0.3 is 0 Å². The fourth-order valence-electron chi connectivity index (χ4n) is 2.39. The monoisotopic (exact) mass is 168 g/mol.